The predicted molar refractivity (Wildman–Crippen MR) is 149 cm³/mol. The Labute approximate surface area is 259 Å². The van der Waals surface area contributed by atoms with Crippen molar-refractivity contribution in [2.75, 3.05) is 27.3 Å². The number of aliphatic hydroxyl groups excluding tert-OH is 2. The lowest BCUT2D eigenvalue weighted by Gasteiger charge is -2.47. The molecule has 6 atom stereocenters. The monoisotopic (exact) mass is 670 g/mol. The summed E-state index contributed by atoms with van der Waals surface area (Å²) in [5, 5.41) is 39.1. The summed E-state index contributed by atoms with van der Waals surface area (Å²) < 4.78 is 96.6. The molecule has 1 aliphatic heterocycles. The lowest BCUT2D eigenvalue weighted by Crippen LogP contribution is -2.59. The van der Waals surface area contributed by atoms with E-state index in [1.54, 1.807) is 0 Å². The zero-order chi connectivity index (χ0) is 33.5. The van der Waals surface area contributed by atoms with Gasteiger partial charge >= 0.3 is 0 Å². The normalized spacial score (nSPS) is 27.3. The van der Waals surface area contributed by atoms with Crippen molar-refractivity contribution in [1.29, 1.82) is 0 Å². The second kappa shape index (κ2) is 13.4. The molecule has 2 aliphatic rings. The van der Waals surface area contributed by atoms with Gasteiger partial charge in [0.25, 0.3) is 0 Å². The van der Waals surface area contributed by atoms with Gasteiger partial charge in [-0.2, -0.15) is 0 Å². The molecule has 1 amide bonds. The molecule has 2 fully saturated rings. The number of methoxy groups -OCH3 is 1. The molecule has 252 valence electrons. The van der Waals surface area contributed by atoms with Crippen LogP contribution in [0.1, 0.15) is 45.6 Å². The van der Waals surface area contributed by atoms with Gasteiger partial charge < -0.3 is 29.7 Å². The average Bonchev–Trinajstić information content (AvgIpc) is 3.45. The van der Waals surface area contributed by atoms with Crippen molar-refractivity contribution in [3.8, 4) is 11.3 Å². The van der Waals surface area contributed by atoms with Crippen LogP contribution >= 0.6 is 11.8 Å². The summed E-state index contributed by atoms with van der Waals surface area (Å²) in [4.78, 5) is 14.8. The number of amides is 1. The number of nitrogens with zero attached hydrogens (tertiary/aromatic N) is 4. The minimum atomic E-state index is -3.05. The second-order valence-corrected chi connectivity index (χ2v) is 13.3. The van der Waals surface area contributed by atoms with Crippen molar-refractivity contribution in [2.24, 2.45) is 0 Å². The topological polar surface area (TPSA) is 130 Å². The molecular formula is C28H36F6N4O6S. The molecule has 0 radical (unpaired) electrons. The lowest BCUT2D eigenvalue weighted by atomic mass is 9.80. The van der Waals surface area contributed by atoms with Crippen LogP contribution in [-0.4, -0.2) is 115 Å². The molecule has 3 N–H and O–H groups in total. The first kappa shape index (κ1) is 35.4. The molecule has 45 heavy (non-hydrogen) atoms. The Kier molecular flexibility index (Phi) is 10.5. The van der Waals surface area contributed by atoms with Crippen molar-refractivity contribution < 1.29 is 55.9 Å². The predicted octanol–water partition coefficient (Wildman–Crippen LogP) is 3.25. The minimum Gasteiger partial charge on any atom is -0.394 e. The summed E-state index contributed by atoms with van der Waals surface area (Å²) in [5.74, 6) is -8.42. The first-order valence-corrected chi connectivity index (χ1v) is 15.1. The Morgan fingerprint density at radius 3 is 2.36 bits per heavy atom. The Hall–Kier alpha value is -2.44. The number of aliphatic hydroxyl groups is 3. The molecule has 1 saturated carbocycles. The van der Waals surface area contributed by atoms with Gasteiger partial charge in [-0.25, -0.2) is 31.0 Å². The Morgan fingerprint density at radius 1 is 1.22 bits per heavy atom. The first-order valence-electron chi connectivity index (χ1n) is 14.1. The third-order valence-electron chi connectivity index (χ3n) is 8.01. The maximum atomic E-state index is 14.5. The standard InChI is InChI=1S/C28H36F6N4O6S/c1-26(2,32)13-37(3)24(41)23(27(42)5-7-28(33,34)8-6-27)45-25-22(43-4)20(21(40)18(12-39)44-25)38-11-17(35-36-38)14-9-15(29)19(31)16(30)10-14/h9-11,18,20-23,25,39-40,42H,5-8,12-13H2,1-4H3/t18-,20+,21+,22-,23?,25+/m1/s1. The van der Waals surface area contributed by atoms with Crippen molar-refractivity contribution in [3.05, 3.63) is 35.8 Å². The van der Waals surface area contributed by atoms with Gasteiger partial charge in [-0.15, -0.1) is 16.9 Å². The van der Waals surface area contributed by atoms with E-state index in [-0.39, 0.29) is 17.8 Å². The highest BCUT2D eigenvalue weighted by molar-refractivity contribution is 8.01. The van der Waals surface area contributed by atoms with Crippen molar-refractivity contribution >= 4 is 17.7 Å². The average molecular weight is 671 g/mol. The van der Waals surface area contributed by atoms with Gasteiger partial charge in [-0.1, -0.05) is 5.21 Å². The van der Waals surface area contributed by atoms with E-state index in [0.717, 1.165) is 9.58 Å². The molecule has 1 aromatic carbocycles. The lowest BCUT2D eigenvalue weighted by molar-refractivity contribution is -0.186. The molecule has 2 aromatic rings. The van der Waals surface area contributed by atoms with Gasteiger partial charge in [0.15, 0.2) is 17.5 Å². The number of ether oxygens (including phenoxy) is 2. The first-order chi connectivity index (χ1) is 20.9. The number of rotatable bonds is 10. The van der Waals surface area contributed by atoms with Crippen LogP contribution < -0.4 is 0 Å². The fourth-order valence-electron chi connectivity index (χ4n) is 5.68. The number of benzene rings is 1. The van der Waals surface area contributed by atoms with Crippen molar-refractivity contribution in [3.63, 3.8) is 0 Å². The number of hydrogen-bond donors (Lipinski definition) is 3. The van der Waals surface area contributed by atoms with Crippen LogP contribution in [-0.2, 0) is 14.3 Å². The zero-order valence-electron chi connectivity index (χ0n) is 25.0. The Balaban J connectivity index is 1.70. The van der Waals surface area contributed by atoms with Crippen LogP contribution in [0.25, 0.3) is 11.3 Å². The number of halogens is 6. The molecule has 1 aliphatic carbocycles. The number of hydrogen-bond acceptors (Lipinski definition) is 9. The molecule has 2 heterocycles. The van der Waals surface area contributed by atoms with Gasteiger partial charge in [0, 0.05) is 32.6 Å². The highest BCUT2D eigenvalue weighted by Gasteiger charge is 2.54. The van der Waals surface area contributed by atoms with Gasteiger partial charge in [-0.05, 0) is 38.8 Å². The van der Waals surface area contributed by atoms with Gasteiger partial charge in [0.05, 0.1) is 24.9 Å². The second-order valence-electron chi connectivity index (χ2n) is 12.1. The number of alkyl halides is 3. The highest BCUT2D eigenvalue weighted by Crippen LogP contribution is 2.47. The van der Waals surface area contributed by atoms with Crippen LogP contribution in [0.2, 0.25) is 0 Å². The summed E-state index contributed by atoms with van der Waals surface area (Å²) >= 11 is 0.714. The number of carbonyl (C=O) groups is 1. The molecule has 10 nitrogen and oxygen atoms in total. The fraction of sp³-hybridized carbons (Fsp3) is 0.679. The Morgan fingerprint density at radius 2 is 1.82 bits per heavy atom. The van der Waals surface area contributed by atoms with E-state index in [0.29, 0.717) is 23.9 Å². The zero-order valence-corrected chi connectivity index (χ0v) is 25.8. The van der Waals surface area contributed by atoms with Gasteiger partial charge in [-0.3, -0.25) is 4.79 Å². The molecule has 4 rings (SSSR count). The number of thioether (sulfide) groups is 1. The van der Waals surface area contributed by atoms with E-state index < -0.39 is 108 Å². The molecule has 0 spiro atoms. The largest absolute Gasteiger partial charge is 0.394 e. The molecule has 1 saturated heterocycles. The van der Waals surface area contributed by atoms with Crippen LogP contribution in [0.15, 0.2) is 18.3 Å². The summed E-state index contributed by atoms with van der Waals surface area (Å²) in [6.45, 7) is 1.39. The maximum absolute atomic E-state index is 14.5. The fourth-order valence-corrected chi connectivity index (χ4v) is 7.37. The quantitative estimate of drug-likeness (QED) is 0.258. The summed E-state index contributed by atoms with van der Waals surface area (Å²) in [6, 6.07) is 0.199. The summed E-state index contributed by atoms with van der Waals surface area (Å²) in [6.07, 6.45) is -5.12. The molecular weight excluding hydrogens is 634 g/mol. The summed E-state index contributed by atoms with van der Waals surface area (Å²) in [5.41, 5.74) is -5.31. The van der Waals surface area contributed by atoms with E-state index in [9.17, 15) is 46.5 Å². The van der Waals surface area contributed by atoms with Gasteiger partial charge in [0.2, 0.25) is 11.8 Å². The smallest absolute Gasteiger partial charge is 0.248 e. The molecule has 1 unspecified atom stereocenters. The number of aromatic nitrogens is 3. The number of carbonyl (C=O) groups excluding carboxylic acids is 1. The maximum Gasteiger partial charge on any atom is 0.248 e. The van der Waals surface area contributed by atoms with Gasteiger partial charge in [0.1, 0.15) is 46.4 Å². The van der Waals surface area contributed by atoms with E-state index in [1.165, 1.54) is 34.2 Å². The molecule has 17 heteroatoms. The summed E-state index contributed by atoms with van der Waals surface area (Å²) in [7, 11) is 2.56. The molecule has 1 aromatic heterocycles. The highest BCUT2D eigenvalue weighted by atomic mass is 32.2. The van der Waals surface area contributed by atoms with Crippen LogP contribution in [0.4, 0.5) is 26.3 Å². The van der Waals surface area contributed by atoms with Crippen LogP contribution in [0.3, 0.4) is 0 Å². The van der Waals surface area contributed by atoms with Crippen molar-refractivity contribution in [2.45, 2.75) is 91.8 Å². The Bertz CT molecular complexity index is 1330. The van der Waals surface area contributed by atoms with E-state index >= 15 is 0 Å². The third kappa shape index (κ3) is 7.76. The van der Waals surface area contributed by atoms with E-state index in [2.05, 4.69) is 10.3 Å². The minimum absolute atomic E-state index is 0.105. The third-order valence-corrected chi connectivity index (χ3v) is 9.57. The van der Waals surface area contributed by atoms with E-state index in [1.807, 2.05) is 0 Å². The SMILES string of the molecule is CO[C@@H]1[C@@H](n2cc(-c3cc(F)c(F)c(F)c3)nn2)[C@@H](O)[C@@H](CO)O[C@H]1SC(C(=O)N(C)CC(C)(C)F)C1(O)CCC(F)(F)CC1. The van der Waals surface area contributed by atoms with Crippen LogP contribution in [0.5, 0.6) is 0 Å². The van der Waals surface area contributed by atoms with Crippen molar-refractivity contribution in [1.82, 2.24) is 19.9 Å². The van der Waals surface area contributed by atoms with E-state index in [4.69, 9.17) is 9.47 Å². The van der Waals surface area contributed by atoms with Crippen LogP contribution in [0, 0.1) is 17.5 Å². The molecule has 0 bridgehead atoms.